The molecule has 0 amide bonds. The fourth-order valence-electron chi connectivity index (χ4n) is 2.37. The highest BCUT2D eigenvalue weighted by Gasteiger charge is 2.27. The molecular formula is C13H16N4OS. The van der Waals surface area contributed by atoms with Crippen molar-refractivity contribution in [1.82, 2.24) is 19.9 Å². The number of nitrogens with zero attached hydrogens (tertiary/aromatic N) is 3. The van der Waals surface area contributed by atoms with E-state index in [2.05, 4.69) is 19.9 Å². The average molecular weight is 276 g/mol. The van der Waals surface area contributed by atoms with Crippen LogP contribution in [0.25, 0.3) is 0 Å². The number of pyridine rings is 1. The number of aromatic nitrogens is 3. The average Bonchev–Trinajstić information content (AvgIpc) is 3.00. The zero-order valence-electron chi connectivity index (χ0n) is 10.5. The molecule has 2 aromatic heterocycles. The van der Waals surface area contributed by atoms with E-state index in [-0.39, 0.29) is 6.10 Å². The SMILES string of the molecule is c1cc([C@H]2OCCC[C@@H]2NCc2csnn2)ccn1. The number of hydrogen-bond acceptors (Lipinski definition) is 6. The first-order chi connectivity index (χ1) is 9.43. The highest BCUT2D eigenvalue weighted by molar-refractivity contribution is 7.03. The molecule has 0 aliphatic carbocycles. The summed E-state index contributed by atoms with van der Waals surface area (Å²) in [5.74, 6) is 0. The van der Waals surface area contributed by atoms with Crippen molar-refractivity contribution >= 4 is 11.5 Å². The van der Waals surface area contributed by atoms with Gasteiger partial charge in [0.2, 0.25) is 0 Å². The first-order valence-corrected chi connectivity index (χ1v) is 7.28. The largest absolute Gasteiger partial charge is 0.372 e. The Morgan fingerprint density at radius 2 is 2.26 bits per heavy atom. The van der Waals surface area contributed by atoms with Crippen molar-refractivity contribution < 1.29 is 4.74 Å². The van der Waals surface area contributed by atoms with Gasteiger partial charge in [0.15, 0.2) is 0 Å². The number of nitrogens with one attached hydrogen (secondary N) is 1. The van der Waals surface area contributed by atoms with Gasteiger partial charge in [0.25, 0.3) is 0 Å². The Hall–Kier alpha value is -1.37. The van der Waals surface area contributed by atoms with Gasteiger partial charge in [-0.3, -0.25) is 4.98 Å². The summed E-state index contributed by atoms with van der Waals surface area (Å²) in [6.07, 6.45) is 5.94. The molecule has 0 saturated carbocycles. The summed E-state index contributed by atoms with van der Waals surface area (Å²) in [5, 5.41) is 9.56. The third-order valence-corrected chi connectivity index (χ3v) is 3.86. The van der Waals surface area contributed by atoms with E-state index in [0.717, 1.165) is 31.7 Å². The minimum Gasteiger partial charge on any atom is -0.372 e. The number of hydrogen-bond donors (Lipinski definition) is 1. The fraction of sp³-hybridized carbons (Fsp3) is 0.462. The molecule has 6 heteroatoms. The Morgan fingerprint density at radius 3 is 3.05 bits per heavy atom. The van der Waals surface area contributed by atoms with Crippen LogP contribution in [0.15, 0.2) is 29.9 Å². The van der Waals surface area contributed by atoms with E-state index in [9.17, 15) is 0 Å². The fourth-order valence-corrected chi connectivity index (χ4v) is 2.82. The summed E-state index contributed by atoms with van der Waals surface area (Å²) in [5.41, 5.74) is 2.17. The van der Waals surface area contributed by atoms with Crippen molar-refractivity contribution in [1.29, 1.82) is 0 Å². The lowest BCUT2D eigenvalue weighted by atomic mass is 9.96. The summed E-state index contributed by atoms with van der Waals surface area (Å²) < 4.78 is 9.80. The minimum absolute atomic E-state index is 0.100. The second-order valence-electron chi connectivity index (χ2n) is 4.60. The zero-order valence-corrected chi connectivity index (χ0v) is 11.3. The van der Waals surface area contributed by atoms with Gasteiger partial charge < -0.3 is 10.1 Å². The first kappa shape index (κ1) is 12.7. The van der Waals surface area contributed by atoms with E-state index in [0.29, 0.717) is 6.04 Å². The van der Waals surface area contributed by atoms with Crippen LogP contribution in [0.4, 0.5) is 0 Å². The van der Waals surface area contributed by atoms with Gasteiger partial charge in [0, 0.05) is 37.0 Å². The van der Waals surface area contributed by atoms with Gasteiger partial charge in [-0.05, 0) is 42.1 Å². The first-order valence-electron chi connectivity index (χ1n) is 6.44. The molecule has 19 heavy (non-hydrogen) atoms. The van der Waals surface area contributed by atoms with Crippen LogP contribution in [0.3, 0.4) is 0 Å². The van der Waals surface area contributed by atoms with Gasteiger partial charge in [-0.1, -0.05) is 4.49 Å². The molecule has 3 heterocycles. The van der Waals surface area contributed by atoms with Crippen molar-refractivity contribution in [3.8, 4) is 0 Å². The molecule has 0 radical (unpaired) electrons. The van der Waals surface area contributed by atoms with E-state index in [1.807, 2.05) is 29.9 Å². The van der Waals surface area contributed by atoms with Crippen LogP contribution in [0.1, 0.15) is 30.2 Å². The van der Waals surface area contributed by atoms with Gasteiger partial charge in [-0.25, -0.2) is 0 Å². The third-order valence-electron chi connectivity index (χ3n) is 3.31. The lowest BCUT2D eigenvalue weighted by molar-refractivity contribution is -0.0113. The predicted octanol–water partition coefficient (Wildman–Crippen LogP) is 1.94. The van der Waals surface area contributed by atoms with Crippen LogP contribution in [0.2, 0.25) is 0 Å². The Balaban J connectivity index is 1.67. The van der Waals surface area contributed by atoms with Crippen LogP contribution in [-0.2, 0) is 11.3 Å². The predicted molar refractivity (Wildman–Crippen MR) is 72.7 cm³/mol. The quantitative estimate of drug-likeness (QED) is 0.924. The molecule has 1 fully saturated rings. The van der Waals surface area contributed by atoms with Gasteiger partial charge in [0.1, 0.15) is 0 Å². The van der Waals surface area contributed by atoms with E-state index >= 15 is 0 Å². The minimum atomic E-state index is 0.100. The van der Waals surface area contributed by atoms with Gasteiger partial charge >= 0.3 is 0 Å². The summed E-state index contributed by atoms with van der Waals surface area (Å²) in [7, 11) is 0. The third kappa shape index (κ3) is 3.15. The van der Waals surface area contributed by atoms with Crippen LogP contribution in [0.5, 0.6) is 0 Å². The Kier molecular flexibility index (Phi) is 4.12. The standard InChI is InChI=1S/C13H16N4OS/c1-2-12(15-8-11-9-19-17-16-11)13(18-7-1)10-3-5-14-6-4-10/h3-6,9,12-13,15H,1-2,7-8H2/t12-,13+/m0/s1. The molecule has 1 saturated heterocycles. The topological polar surface area (TPSA) is 59.9 Å². The Bertz CT molecular complexity index is 491. The van der Waals surface area contributed by atoms with Crippen molar-refractivity contribution in [3.05, 3.63) is 41.2 Å². The monoisotopic (exact) mass is 276 g/mol. The Labute approximate surface area is 116 Å². The molecule has 3 rings (SSSR count). The number of ether oxygens (including phenoxy) is 1. The maximum Gasteiger partial charge on any atom is 0.0978 e. The second-order valence-corrected chi connectivity index (χ2v) is 5.21. The Morgan fingerprint density at radius 1 is 1.37 bits per heavy atom. The van der Waals surface area contributed by atoms with E-state index < -0.39 is 0 Å². The molecule has 100 valence electrons. The van der Waals surface area contributed by atoms with Crippen molar-refractivity contribution in [2.24, 2.45) is 0 Å². The maximum atomic E-state index is 5.92. The van der Waals surface area contributed by atoms with E-state index in [4.69, 9.17) is 4.74 Å². The molecule has 0 aromatic carbocycles. The molecule has 0 bridgehead atoms. The molecule has 0 unspecified atom stereocenters. The molecular weight excluding hydrogens is 260 g/mol. The highest BCUT2D eigenvalue weighted by atomic mass is 32.1. The van der Waals surface area contributed by atoms with Gasteiger partial charge in [0.05, 0.1) is 11.8 Å². The summed E-state index contributed by atoms with van der Waals surface area (Å²) in [6, 6.07) is 4.36. The van der Waals surface area contributed by atoms with Gasteiger partial charge in [-0.2, -0.15) is 0 Å². The zero-order chi connectivity index (χ0) is 12.9. The molecule has 1 aliphatic heterocycles. The second kappa shape index (κ2) is 6.18. The lowest BCUT2D eigenvalue weighted by Crippen LogP contribution is -2.39. The molecule has 2 aromatic rings. The van der Waals surface area contributed by atoms with Crippen molar-refractivity contribution in [2.45, 2.75) is 31.5 Å². The summed E-state index contributed by atoms with van der Waals surface area (Å²) in [6.45, 7) is 1.57. The highest BCUT2D eigenvalue weighted by Crippen LogP contribution is 2.28. The smallest absolute Gasteiger partial charge is 0.0978 e. The molecule has 5 nitrogen and oxygen atoms in total. The van der Waals surface area contributed by atoms with Crippen LogP contribution >= 0.6 is 11.5 Å². The van der Waals surface area contributed by atoms with Crippen LogP contribution in [0, 0.1) is 0 Å². The lowest BCUT2D eigenvalue weighted by Gasteiger charge is -2.32. The maximum absolute atomic E-state index is 5.92. The van der Waals surface area contributed by atoms with Gasteiger partial charge in [-0.15, -0.1) is 5.10 Å². The summed E-state index contributed by atoms with van der Waals surface area (Å²) >= 11 is 1.38. The summed E-state index contributed by atoms with van der Waals surface area (Å²) in [4.78, 5) is 4.06. The molecule has 0 spiro atoms. The molecule has 1 aliphatic rings. The normalized spacial score (nSPS) is 23.4. The van der Waals surface area contributed by atoms with Crippen molar-refractivity contribution in [3.63, 3.8) is 0 Å². The van der Waals surface area contributed by atoms with E-state index in [1.54, 1.807) is 0 Å². The van der Waals surface area contributed by atoms with Crippen LogP contribution in [-0.4, -0.2) is 27.2 Å². The number of rotatable bonds is 4. The molecule has 1 N–H and O–H groups in total. The van der Waals surface area contributed by atoms with Crippen molar-refractivity contribution in [2.75, 3.05) is 6.61 Å². The molecule has 2 atom stereocenters. The van der Waals surface area contributed by atoms with Crippen LogP contribution < -0.4 is 5.32 Å². The van der Waals surface area contributed by atoms with E-state index in [1.165, 1.54) is 17.1 Å².